The van der Waals surface area contributed by atoms with Crippen LogP contribution in [0.3, 0.4) is 0 Å². The lowest BCUT2D eigenvalue weighted by Crippen LogP contribution is -2.11. The summed E-state index contributed by atoms with van der Waals surface area (Å²) in [6, 6.07) is 11.9. The van der Waals surface area contributed by atoms with Gasteiger partial charge in [0.2, 0.25) is 16.9 Å². The first kappa shape index (κ1) is 20.7. The summed E-state index contributed by atoms with van der Waals surface area (Å²) in [6.45, 7) is 0. The van der Waals surface area contributed by atoms with E-state index in [1.54, 1.807) is 31.4 Å². The molecule has 160 valence electrons. The molecule has 0 amide bonds. The molecule has 0 atom stereocenters. The first-order valence-electron chi connectivity index (χ1n) is 8.83. The van der Waals surface area contributed by atoms with Crippen LogP contribution in [0, 0.1) is 0 Å². The van der Waals surface area contributed by atoms with Crippen molar-refractivity contribution in [3.8, 4) is 28.5 Å². The molecule has 0 aliphatic heterocycles. The highest BCUT2D eigenvalue weighted by Crippen LogP contribution is 2.32. The fourth-order valence-corrected chi connectivity index (χ4v) is 3.40. The van der Waals surface area contributed by atoms with Crippen molar-refractivity contribution in [3.63, 3.8) is 0 Å². The van der Waals surface area contributed by atoms with Crippen molar-refractivity contribution >= 4 is 11.8 Å². The molecule has 0 saturated heterocycles. The molecule has 0 bridgehead atoms. The van der Waals surface area contributed by atoms with Gasteiger partial charge in [-0.25, -0.2) is 4.68 Å². The highest BCUT2D eigenvalue weighted by atomic mass is 32.2. The summed E-state index contributed by atoms with van der Waals surface area (Å²) in [5.41, 5.74) is 0.180. The highest BCUT2D eigenvalue weighted by Gasteiger charge is 2.30. The van der Waals surface area contributed by atoms with E-state index in [2.05, 4.69) is 20.3 Å². The van der Waals surface area contributed by atoms with Gasteiger partial charge in [-0.3, -0.25) is 0 Å². The van der Waals surface area contributed by atoms with Gasteiger partial charge in [0, 0.05) is 11.1 Å². The quantitative estimate of drug-likeness (QED) is 0.348. The van der Waals surface area contributed by atoms with Crippen LogP contribution in [-0.2, 0) is 11.9 Å². The molecule has 31 heavy (non-hydrogen) atoms. The van der Waals surface area contributed by atoms with Gasteiger partial charge in [0.05, 0.1) is 18.4 Å². The zero-order valence-electron chi connectivity index (χ0n) is 16.0. The van der Waals surface area contributed by atoms with Gasteiger partial charge in [0.25, 0.3) is 0 Å². The van der Waals surface area contributed by atoms with Gasteiger partial charge < -0.3 is 15.1 Å². The molecule has 0 spiro atoms. The lowest BCUT2D eigenvalue weighted by molar-refractivity contribution is -0.137. The summed E-state index contributed by atoms with van der Waals surface area (Å²) < 4.78 is 50.3. The predicted octanol–water partition coefficient (Wildman–Crippen LogP) is 4.03. The fraction of sp³-hybridized carbons (Fsp3) is 0.158. The van der Waals surface area contributed by atoms with Crippen LogP contribution < -0.4 is 10.6 Å². The molecule has 0 fully saturated rings. The van der Waals surface area contributed by atoms with E-state index in [-0.39, 0.29) is 23.0 Å². The third-order valence-corrected chi connectivity index (χ3v) is 5.18. The number of methoxy groups -OCH3 is 1. The maximum absolute atomic E-state index is 12.9. The van der Waals surface area contributed by atoms with Gasteiger partial charge in [-0.15, -0.1) is 10.2 Å². The van der Waals surface area contributed by atoms with Crippen molar-refractivity contribution in [3.05, 3.63) is 60.0 Å². The first-order chi connectivity index (χ1) is 14.8. The minimum atomic E-state index is -4.45. The van der Waals surface area contributed by atoms with Gasteiger partial charge in [0.15, 0.2) is 5.82 Å². The number of rotatable bonds is 6. The molecule has 8 nitrogen and oxygen atoms in total. The van der Waals surface area contributed by atoms with E-state index in [0.717, 1.165) is 17.7 Å². The van der Waals surface area contributed by atoms with E-state index in [0.29, 0.717) is 16.7 Å². The van der Waals surface area contributed by atoms with Crippen molar-refractivity contribution < 1.29 is 22.4 Å². The summed E-state index contributed by atoms with van der Waals surface area (Å²) in [5, 5.41) is 12.3. The van der Waals surface area contributed by atoms with E-state index in [1.165, 1.54) is 28.6 Å². The number of hydrogen-bond acceptors (Lipinski definition) is 8. The molecular formula is C19H15F3N6O2S. The van der Waals surface area contributed by atoms with Gasteiger partial charge in [-0.1, -0.05) is 29.1 Å². The Morgan fingerprint density at radius 2 is 1.87 bits per heavy atom. The van der Waals surface area contributed by atoms with Crippen molar-refractivity contribution in [2.75, 3.05) is 13.0 Å². The number of nitrogen functional groups attached to an aromatic ring is 1. The maximum Gasteiger partial charge on any atom is 0.416 e. The molecule has 0 aliphatic carbocycles. The average molecular weight is 448 g/mol. The molecule has 0 radical (unpaired) electrons. The lowest BCUT2D eigenvalue weighted by Gasteiger charge is -2.06. The van der Waals surface area contributed by atoms with Gasteiger partial charge in [0.1, 0.15) is 5.75 Å². The van der Waals surface area contributed by atoms with Crippen molar-refractivity contribution in [2.24, 2.45) is 0 Å². The summed E-state index contributed by atoms with van der Waals surface area (Å²) in [4.78, 5) is 4.15. The Labute approximate surface area is 178 Å². The highest BCUT2D eigenvalue weighted by molar-refractivity contribution is 7.98. The van der Waals surface area contributed by atoms with E-state index in [4.69, 9.17) is 15.1 Å². The molecular weight excluding hydrogens is 433 g/mol. The Kier molecular flexibility index (Phi) is 5.55. The van der Waals surface area contributed by atoms with E-state index in [9.17, 15) is 13.2 Å². The van der Waals surface area contributed by atoms with Crippen molar-refractivity contribution in [1.82, 2.24) is 25.0 Å². The predicted molar refractivity (Wildman–Crippen MR) is 106 cm³/mol. The Bertz CT molecular complexity index is 1190. The van der Waals surface area contributed by atoms with E-state index < -0.39 is 11.7 Å². The molecule has 2 N–H and O–H groups in total. The molecule has 0 saturated carbocycles. The van der Waals surface area contributed by atoms with Crippen LogP contribution in [0.25, 0.3) is 22.8 Å². The van der Waals surface area contributed by atoms with E-state index >= 15 is 0 Å². The van der Waals surface area contributed by atoms with Crippen molar-refractivity contribution in [1.29, 1.82) is 0 Å². The Morgan fingerprint density at radius 1 is 1.10 bits per heavy atom. The van der Waals surface area contributed by atoms with Gasteiger partial charge in [-0.2, -0.15) is 18.2 Å². The smallest absolute Gasteiger partial charge is 0.416 e. The number of ether oxygens (including phenoxy) is 1. The number of hydrogen-bond donors (Lipinski definition) is 1. The van der Waals surface area contributed by atoms with Crippen LogP contribution in [0.15, 0.2) is 58.2 Å². The normalized spacial score (nSPS) is 11.6. The molecule has 12 heteroatoms. The topological polar surface area (TPSA) is 105 Å². The van der Waals surface area contributed by atoms with Crippen LogP contribution in [-0.4, -0.2) is 32.1 Å². The molecule has 2 aromatic carbocycles. The second-order valence-electron chi connectivity index (χ2n) is 6.28. The molecule has 0 unspecified atom stereocenters. The molecule has 4 rings (SSSR count). The second-order valence-corrected chi connectivity index (χ2v) is 7.23. The van der Waals surface area contributed by atoms with Gasteiger partial charge in [-0.05, 0) is 36.4 Å². The largest absolute Gasteiger partial charge is 0.497 e. The number of halogens is 3. The average Bonchev–Trinajstić information content (AvgIpc) is 3.39. The van der Waals surface area contributed by atoms with Crippen LogP contribution in [0.2, 0.25) is 0 Å². The van der Waals surface area contributed by atoms with Crippen LogP contribution in [0.1, 0.15) is 11.5 Å². The zero-order valence-corrected chi connectivity index (χ0v) is 16.8. The second kappa shape index (κ2) is 8.30. The molecule has 2 heterocycles. The molecule has 4 aromatic rings. The number of alkyl halides is 3. The standard InChI is InChI=1S/C19H15F3N6O2S/c1-29-14-7-5-11(6-8-14)17-25-26-18(28(17)23)31-10-15-24-16(27-30-15)12-3-2-4-13(9-12)19(20,21)22/h2-9H,10,23H2,1H3. The molecule has 2 aromatic heterocycles. The number of thioether (sulfide) groups is 1. The SMILES string of the molecule is COc1ccc(-c2nnc(SCc3nc(-c4cccc(C(F)(F)F)c4)no3)n2N)cc1. The third-order valence-electron chi connectivity index (χ3n) is 4.25. The minimum Gasteiger partial charge on any atom is -0.497 e. The summed E-state index contributed by atoms with van der Waals surface area (Å²) in [7, 11) is 1.57. The molecule has 0 aliphatic rings. The van der Waals surface area contributed by atoms with Crippen LogP contribution in [0.5, 0.6) is 5.75 Å². The monoisotopic (exact) mass is 448 g/mol. The van der Waals surface area contributed by atoms with Crippen LogP contribution >= 0.6 is 11.8 Å². The maximum atomic E-state index is 12.9. The number of nitrogens with zero attached hydrogens (tertiary/aromatic N) is 5. The third kappa shape index (κ3) is 4.48. The zero-order chi connectivity index (χ0) is 22.0. The lowest BCUT2D eigenvalue weighted by atomic mass is 10.1. The van der Waals surface area contributed by atoms with Crippen LogP contribution in [0.4, 0.5) is 13.2 Å². The number of benzene rings is 2. The minimum absolute atomic E-state index is 0.0647. The first-order valence-corrected chi connectivity index (χ1v) is 9.81. The summed E-state index contributed by atoms with van der Waals surface area (Å²) >= 11 is 1.20. The number of nitrogens with two attached hydrogens (primary N) is 1. The van der Waals surface area contributed by atoms with E-state index in [1.807, 2.05) is 0 Å². The number of aromatic nitrogens is 5. The van der Waals surface area contributed by atoms with Crippen molar-refractivity contribution in [2.45, 2.75) is 17.1 Å². The fourth-order valence-electron chi connectivity index (χ4n) is 2.70. The Balaban J connectivity index is 1.46. The Morgan fingerprint density at radius 3 is 2.58 bits per heavy atom. The Hall–Kier alpha value is -3.54. The summed E-state index contributed by atoms with van der Waals surface area (Å²) in [5.74, 6) is 7.74. The van der Waals surface area contributed by atoms with Gasteiger partial charge >= 0.3 is 6.18 Å². The summed E-state index contributed by atoms with van der Waals surface area (Å²) in [6.07, 6.45) is -4.45.